The number of benzene rings is 2. The van der Waals surface area contributed by atoms with Crippen LogP contribution < -0.4 is 16.0 Å². The Morgan fingerprint density at radius 2 is 1.95 bits per heavy atom. The highest BCUT2D eigenvalue weighted by Gasteiger charge is 2.60. The third-order valence-electron chi connectivity index (χ3n) is 7.54. The lowest BCUT2D eigenvalue weighted by molar-refractivity contribution is -0.125. The zero-order valence-corrected chi connectivity index (χ0v) is 23.4. The van der Waals surface area contributed by atoms with Crippen LogP contribution in [0.4, 0.5) is 10.1 Å². The minimum atomic E-state index is -1.29. The number of hydrogen-bond acceptors (Lipinski definition) is 5. The monoisotopic (exact) mass is 548 g/mol. The first kappa shape index (κ1) is 27.8. The predicted molar refractivity (Wildman–Crippen MR) is 147 cm³/mol. The molecular formula is C28H35Cl2FN4O2. The zero-order chi connectivity index (χ0) is 27.1. The molecule has 0 aromatic heterocycles. The van der Waals surface area contributed by atoms with Gasteiger partial charge in [0, 0.05) is 42.8 Å². The van der Waals surface area contributed by atoms with E-state index in [1.54, 1.807) is 37.4 Å². The van der Waals surface area contributed by atoms with E-state index in [0.717, 1.165) is 19.4 Å². The van der Waals surface area contributed by atoms with Gasteiger partial charge in [0.2, 0.25) is 5.91 Å². The second-order valence-electron chi connectivity index (χ2n) is 11.5. The predicted octanol–water partition coefficient (Wildman–Crippen LogP) is 4.60. The molecule has 9 heteroatoms. The number of hydrogen-bond donors (Lipinski definition) is 3. The average Bonchev–Trinajstić information content (AvgIpc) is 3.12. The van der Waals surface area contributed by atoms with Gasteiger partial charge in [-0.25, -0.2) is 4.39 Å². The molecule has 2 saturated heterocycles. The fourth-order valence-electron chi connectivity index (χ4n) is 5.96. The number of aldehydes is 1. The highest BCUT2D eigenvalue weighted by Crippen LogP contribution is 2.53. The second-order valence-corrected chi connectivity index (χ2v) is 12.3. The molecule has 37 heavy (non-hydrogen) atoms. The van der Waals surface area contributed by atoms with Crippen molar-refractivity contribution in [3.05, 3.63) is 63.4 Å². The number of nitrogens with one attached hydrogen (secondary N) is 3. The van der Waals surface area contributed by atoms with Gasteiger partial charge in [0.25, 0.3) is 0 Å². The molecule has 2 aromatic rings. The molecule has 3 N–H and O–H groups in total. The number of rotatable bonds is 7. The molecule has 0 bridgehead atoms. The summed E-state index contributed by atoms with van der Waals surface area (Å²) in [7, 11) is 3.73. The summed E-state index contributed by atoms with van der Waals surface area (Å²) in [5, 5.41) is 10.2. The number of nitrogens with zero attached hydrogens (tertiary/aromatic N) is 1. The van der Waals surface area contributed by atoms with E-state index in [1.165, 1.54) is 6.07 Å². The highest BCUT2D eigenvalue weighted by molar-refractivity contribution is 6.31. The summed E-state index contributed by atoms with van der Waals surface area (Å²) in [6, 6.07) is 8.69. The highest BCUT2D eigenvalue weighted by atomic mass is 35.5. The molecule has 2 aromatic carbocycles. The standard InChI is InChI=1S/C28H35Cl2FN4O2/c1-27(2,3)12-22-28(15-36,19-10-9-16(29)11-21(19)32-4)23(18-7-6-8-20(30)24(18)31)25(34-22)26(37)33-17-13-35(5)14-17/h6-11,15,17,22-23,25,32,34H,12-14H2,1-5H3,(H,33,37). The van der Waals surface area contributed by atoms with Crippen molar-refractivity contribution >= 4 is 41.1 Å². The van der Waals surface area contributed by atoms with Gasteiger partial charge in [-0.3, -0.25) is 4.79 Å². The number of likely N-dealkylation sites (tertiary alicyclic amines) is 1. The molecule has 0 spiro atoms. The van der Waals surface area contributed by atoms with Gasteiger partial charge >= 0.3 is 0 Å². The molecule has 200 valence electrons. The maximum Gasteiger partial charge on any atom is 0.238 e. The molecule has 4 unspecified atom stereocenters. The normalized spacial score (nSPS) is 26.5. The summed E-state index contributed by atoms with van der Waals surface area (Å²) in [5.41, 5.74) is 0.0395. The Kier molecular flexibility index (Phi) is 7.92. The van der Waals surface area contributed by atoms with Crippen LogP contribution in [-0.4, -0.2) is 62.4 Å². The van der Waals surface area contributed by atoms with E-state index >= 15 is 4.39 Å². The molecule has 2 heterocycles. The van der Waals surface area contributed by atoms with E-state index in [1.807, 2.05) is 7.05 Å². The first-order chi connectivity index (χ1) is 17.4. The van der Waals surface area contributed by atoms with Crippen molar-refractivity contribution in [2.24, 2.45) is 5.41 Å². The van der Waals surface area contributed by atoms with Crippen LogP contribution in [0, 0.1) is 11.2 Å². The minimum absolute atomic E-state index is 0.000133. The van der Waals surface area contributed by atoms with Crippen molar-refractivity contribution in [2.45, 2.75) is 56.7 Å². The van der Waals surface area contributed by atoms with Crippen molar-refractivity contribution in [1.82, 2.24) is 15.5 Å². The van der Waals surface area contributed by atoms with Gasteiger partial charge in [-0.2, -0.15) is 0 Å². The Morgan fingerprint density at radius 3 is 2.54 bits per heavy atom. The van der Waals surface area contributed by atoms with E-state index in [4.69, 9.17) is 23.2 Å². The lowest BCUT2D eigenvalue weighted by Crippen LogP contribution is -2.60. The Morgan fingerprint density at radius 1 is 1.24 bits per heavy atom. The van der Waals surface area contributed by atoms with Crippen LogP contribution in [0.2, 0.25) is 10.0 Å². The van der Waals surface area contributed by atoms with E-state index < -0.39 is 29.2 Å². The Hall–Kier alpha value is -2.19. The van der Waals surface area contributed by atoms with Crippen molar-refractivity contribution in [2.75, 3.05) is 32.5 Å². The quantitative estimate of drug-likeness (QED) is 0.441. The summed E-state index contributed by atoms with van der Waals surface area (Å²) in [5.74, 6) is -1.74. The van der Waals surface area contributed by atoms with E-state index in [2.05, 4.69) is 41.6 Å². The molecule has 2 fully saturated rings. The summed E-state index contributed by atoms with van der Waals surface area (Å²) < 4.78 is 15.7. The largest absolute Gasteiger partial charge is 0.388 e. The van der Waals surface area contributed by atoms with Crippen molar-refractivity contribution in [1.29, 1.82) is 0 Å². The van der Waals surface area contributed by atoms with Crippen LogP contribution in [0.5, 0.6) is 0 Å². The Labute approximate surface area is 228 Å². The van der Waals surface area contributed by atoms with Gasteiger partial charge in [0.15, 0.2) is 0 Å². The van der Waals surface area contributed by atoms with Crippen LogP contribution >= 0.6 is 23.2 Å². The molecule has 4 atom stereocenters. The van der Waals surface area contributed by atoms with Crippen LogP contribution in [0.25, 0.3) is 0 Å². The van der Waals surface area contributed by atoms with Gasteiger partial charge in [-0.1, -0.05) is 62.2 Å². The van der Waals surface area contributed by atoms with Gasteiger partial charge in [-0.05, 0) is 48.2 Å². The maximum absolute atomic E-state index is 15.7. The van der Waals surface area contributed by atoms with Crippen LogP contribution in [0.1, 0.15) is 44.2 Å². The van der Waals surface area contributed by atoms with Crippen LogP contribution in [0.15, 0.2) is 36.4 Å². The summed E-state index contributed by atoms with van der Waals surface area (Å²) in [6.07, 6.45) is 1.45. The van der Waals surface area contributed by atoms with Crippen LogP contribution in [-0.2, 0) is 15.0 Å². The molecule has 0 saturated carbocycles. The van der Waals surface area contributed by atoms with Gasteiger partial charge in [-0.15, -0.1) is 0 Å². The number of likely N-dealkylation sites (N-methyl/N-ethyl adjacent to an activating group) is 1. The molecule has 6 nitrogen and oxygen atoms in total. The van der Waals surface area contributed by atoms with E-state index in [9.17, 15) is 9.59 Å². The summed E-state index contributed by atoms with van der Waals surface area (Å²) in [6.45, 7) is 7.72. The second kappa shape index (κ2) is 10.5. The summed E-state index contributed by atoms with van der Waals surface area (Å²) >= 11 is 12.6. The fourth-order valence-corrected chi connectivity index (χ4v) is 6.32. The lowest BCUT2D eigenvalue weighted by atomic mass is 9.62. The molecular weight excluding hydrogens is 514 g/mol. The fraction of sp³-hybridized carbons (Fsp3) is 0.500. The first-order valence-electron chi connectivity index (χ1n) is 12.5. The van der Waals surface area contributed by atoms with Gasteiger partial charge in [0.05, 0.1) is 22.5 Å². The van der Waals surface area contributed by atoms with E-state index in [0.29, 0.717) is 22.7 Å². The summed E-state index contributed by atoms with van der Waals surface area (Å²) in [4.78, 5) is 29.4. The topological polar surface area (TPSA) is 73.5 Å². The smallest absolute Gasteiger partial charge is 0.238 e. The Balaban J connectivity index is 1.95. The molecule has 0 aliphatic carbocycles. The number of carbonyl (C=O) groups excluding carboxylic acids is 2. The zero-order valence-electron chi connectivity index (χ0n) is 21.9. The maximum atomic E-state index is 15.7. The SMILES string of the molecule is CNc1cc(Cl)ccc1C1(C=O)C(CC(C)(C)C)NC(C(=O)NC2CN(C)C2)C1c1cccc(Cl)c1F. The number of carbonyl (C=O) groups is 2. The number of amides is 1. The third kappa shape index (κ3) is 5.24. The first-order valence-corrected chi connectivity index (χ1v) is 13.3. The third-order valence-corrected chi connectivity index (χ3v) is 8.07. The minimum Gasteiger partial charge on any atom is -0.388 e. The average molecular weight is 550 g/mol. The molecule has 2 aliphatic heterocycles. The van der Waals surface area contributed by atoms with Gasteiger partial charge < -0.3 is 25.6 Å². The Bertz CT molecular complexity index is 1180. The molecule has 4 rings (SSSR count). The lowest BCUT2D eigenvalue weighted by Gasteiger charge is -2.40. The van der Waals surface area contributed by atoms with Crippen molar-refractivity contribution in [3.63, 3.8) is 0 Å². The number of anilines is 1. The van der Waals surface area contributed by atoms with E-state index in [-0.39, 0.29) is 28.0 Å². The van der Waals surface area contributed by atoms with Crippen LogP contribution in [0.3, 0.4) is 0 Å². The van der Waals surface area contributed by atoms with Crippen molar-refractivity contribution < 1.29 is 14.0 Å². The molecule has 2 aliphatic rings. The molecule has 1 amide bonds. The van der Waals surface area contributed by atoms with Crippen molar-refractivity contribution in [3.8, 4) is 0 Å². The number of halogens is 3. The van der Waals surface area contributed by atoms with Gasteiger partial charge in [0.1, 0.15) is 12.1 Å². The molecule has 0 radical (unpaired) electrons.